The molecule has 1 unspecified atom stereocenters. The Balaban J connectivity index is 1.90. The van der Waals surface area contributed by atoms with Crippen LogP contribution in [0.4, 0.5) is 0 Å². The standard InChI is InChI=1S/C20H25ClN4O2/c1-13(14-8-10-15(21)11-9-14)25-18(12-17(24-25)19(26)22-2)20(27)23-16-6-4-3-5-7-16/h8-13,16H,3-7H2,1-2H3,(H,22,26)(H,23,27). The molecule has 1 atom stereocenters. The van der Waals surface area contributed by atoms with Crippen LogP contribution in [0.25, 0.3) is 0 Å². The molecule has 2 aromatic rings. The van der Waals surface area contributed by atoms with Crippen LogP contribution in [0.15, 0.2) is 30.3 Å². The number of benzene rings is 1. The first-order valence-corrected chi connectivity index (χ1v) is 9.75. The van der Waals surface area contributed by atoms with Crippen LogP contribution < -0.4 is 10.6 Å². The summed E-state index contributed by atoms with van der Waals surface area (Å²) in [5, 5.41) is 10.7. The van der Waals surface area contributed by atoms with Crippen molar-refractivity contribution in [2.75, 3.05) is 7.05 Å². The van der Waals surface area contributed by atoms with Crippen LogP contribution in [0.5, 0.6) is 0 Å². The van der Waals surface area contributed by atoms with Crippen LogP contribution in [0.2, 0.25) is 5.02 Å². The van der Waals surface area contributed by atoms with E-state index in [0.29, 0.717) is 10.7 Å². The van der Waals surface area contributed by atoms with Gasteiger partial charge < -0.3 is 10.6 Å². The maximum Gasteiger partial charge on any atom is 0.271 e. The van der Waals surface area contributed by atoms with Gasteiger partial charge in [0.15, 0.2) is 5.69 Å². The van der Waals surface area contributed by atoms with Crippen molar-refractivity contribution in [3.8, 4) is 0 Å². The predicted octanol–water partition coefficient (Wildman–Crippen LogP) is 3.57. The molecule has 1 aliphatic carbocycles. The average molecular weight is 389 g/mol. The van der Waals surface area contributed by atoms with Crippen LogP contribution in [-0.4, -0.2) is 34.7 Å². The number of carbonyl (C=O) groups excluding carboxylic acids is 2. The van der Waals surface area contributed by atoms with Gasteiger partial charge in [0.1, 0.15) is 5.69 Å². The molecule has 1 aliphatic rings. The molecule has 0 radical (unpaired) electrons. The lowest BCUT2D eigenvalue weighted by molar-refractivity contribution is 0.0914. The van der Waals surface area contributed by atoms with Gasteiger partial charge in [-0.05, 0) is 37.5 Å². The zero-order valence-corrected chi connectivity index (χ0v) is 16.4. The minimum Gasteiger partial charge on any atom is -0.354 e. The molecule has 0 bridgehead atoms. The van der Waals surface area contributed by atoms with E-state index in [-0.39, 0.29) is 29.6 Å². The van der Waals surface area contributed by atoms with Gasteiger partial charge in [-0.3, -0.25) is 14.3 Å². The van der Waals surface area contributed by atoms with Crippen molar-refractivity contribution >= 4 is 23.4 Å². The molecule has 1 heterocycles. The maximum absolute atomic E-state index is 12.9. The minimum atomic E-state index is -0.316. The fourth-order valence-electron chi connectivity index (χ4n) is 3.49. The Labute approximate surface area is 164 Å². The van der Waals surface area contributed by atoms with Gasteiger partial charge in [0.2, 0.25) is 0 Å². The van der Waals surface area contributed by atoms with Crippen molar-refractivity contribution in [2.45, 2.75) is 51.1 Å². The SMILES string of the molecule is CNC(=O)c1cc(C(=O)NC2CCCCC2)n(C(C)c2ccc(Cl)cc2)n1. The van der Waals surface area contributed by atoms with Crippen molar-refractivity contribution in [2.24, 2.45) is 0 Å². The molecule has 1 saturated carbocycles. The van der Waals surface area contributed by atoms with Crippen LogP contribution >= 0.6 is 11.6 Å². The fraction of sp³-hybridized carbons (Fsp3) is 0.450. The normalized spacial score (nSPS) is 16.0. The Morgan fingerprint density at radius 1 is 1.15 bits per heavy atom. The number of hydrogen-bond acceptors (Lipinski definition) is 3. The molecule has 7 heteroatoms. The Morgan fingerprint density at radius 3 is 2.44 bits per heavy atom. The van der Waals surface area contributed by atoms with E-state index in [4.69, 9.17) is 11.6 Å². The average Bonchev–Trinajstić information content (AvgIpc) is 3.14. The summed E-state index contributed by atoms with van der Waals surface area (Å²) >= 11 is 5.98. The second kappa shape index (κ2) is 8.57. The third kappa shape index (κ3) is 4.50. The van der Waals surface area contributed by atoms with Crippen molar-refractivity contribution in [3.05, 3.63) is 52.3 Å². The van der Waals surface area contributed by atoms with Crippen LogP contribution in [0.3, 0.4) is 0 Å². The molecular weight excluding hydrogens is 364 g/mol. The first kappa shape index (κ1) is 19.4. The lowest BCUT2D eigenvalue weighted by Crippen LogP contribution is -2.37. The first-order chi connectivity index (χ1) is 13.0. The molecule has 27 heavy (non-hydrogen) atoms. The number of halogens is 1. The molecule has 0 saturated heterocycles. The summed E-state index contributed by atoms with van der Waals surface area (Å²) in [6.07, 6.45) is 5.48. The molecule has 2 amide bonds. The molecule has 3 rings (SSSR count). The molecule has 1 aromatic carbocycles. The van der Waals surface area contributed by atoms with E-state index in [1.807, 2.05) is 19.1 Å². The second-order valence-corrected chi connectivity index (χ2v) is 7.41. The van der Waals surface area contributed by atoms with Crippen LogP contribution in [-0.2, 0) is 0 Å². The van der Waals surface area contributed by atoms with Crippen molar-refractivity contribution in [3.63, 3.8) is 0 Å². The zero-order valence-electron chi connectivity index (χ0n) is 15.7. The van der Waals surface area contributed by atoms with Gasteiger partial charge in [-0.15, -0.1) is 0 Å². The number of hydrogen-bond donors (Lipinski definition) is 2. The molecule has 6 nitrogen and oxygen atoms in total. The van der Waals surface area contributed by atoms with Crippen molar-refractivity contribution in [1.82, 2.24) is 20.4 Å². The number of rotatable bonds is 5. The van der Waals surface area contributed by atoms with Gasteiger partial charge >= 0.3 is 0 Å². The number of nitrogens with zero attached hydrogens (tertiary/aromatic N) is 2. The molecule has 0 aliphatic heterocycles. The number of carbonyl (C=O) groups is 2. The largest absolute Gasteiger partial charge is 0.354 e. The summed E-state index contributed by atoms with van der Waals surface area (Å²) in [6, 6.07) is 8.94. The Kier molecular flexibility index (Phi) is 6.16. The predicted molar refractivity (Wildman–Crippen MR) is 105 cm³/mol. The molecular formula is C20H25ClN4O2. The quantitative estimate of drug-likeness (QED) is 0.822. The highest BCUT2D eigenvalue weighted by molar-refractivity contribution is 6.30. The zero-order chi connectivity index (χ0) is 19.4. The monoisotopic (exact) mass is 388 g/mol. The van der Waals surface area contributed by atoms with E-state index in [1.165, 1.54) is 6.42 Å². The highest BCUT2D eigenvalue weighted by atomic mass is 35.5. The molecule has 2 N–H and O–H groups in total. The minimum absolute atomic E-state index is 0.184. The number of nitrogens with one attached hydrogen (secondary N) is 2. The molecule has 0 spiro atoms. The summed E-state index contributed by atoms with van der Waals surface area (Å²) in [4.78, 5) is 25.0. The van der Waals surface area contributed by atoms with E-state index < -0.39 is 0 Å². The second-order valence-electron chi connectivity index (χ2n) is 6.97. The van der Waals surface area contributed by atoms with Gasteiger partial charge in [-0.2, -0.15) is 5.10 Å². The summed E-state index contributed by atoms with van der Waals surface area (Å²) in [7, 11) is 1.55. The smallest absolute Gasteiger partial charge is 0.271 e. The Bertz CT molecular complexity index is 810. The van der Waals surface area contributed by atoms with Crippen molar-refractivity contribution in [1.29, 1.82) is 0 Å². The summed E-state index contributed by atoms with van der Waals surface area (Å²) in [6.45, 7) is 1.95. The van der Waals surface area contributed by atoms with Gasteiger partial charge in [-0.1, -0.05) is 43.0 Å². The van der Waals surface area contributed by atoms with E-state index in [1.54, 1.807) is 29.9 Å². The summed E-state index contributed by atoms with van der Waals surface area (Å²) < 4.78 is 1.62. The summed E-state index contributed by atoms with van der Waals surface area (Å²) in [5.41, 5.74) is 1.58. The van der Waals surface area contributed by atoms with E-state index in [9.17, 15) is 9.59 Å². The lowest BCUT2D eigenvalue weighted by Gasteiger charge is -2.23. The highest BCUT2D eigenvalue weighted by Crippen LogP contribution is 2.23. The third-order valence-electron chi connectivity index (χ3n) is 5.09. The van der Waals surface area contributed by atoms with Gasteiger partial charge in [0.25, 0.3) is 11.8 Å². The Hall–Kier alpha value is -2.34. The van der Waals surface area contributed by atoms with Gasteiger partial charge in [-0.25, -0.2) is 0 Å². The van der Waals surface area contributed by atoms with Crippen molar-refractivity contribution < 1.29 is 9.59 Å². The topological polar surface area (TPSA) is 76.0 Å². The Morgan fingerprint density at radius 2 is 1.81 bits per heavy atom. The third-order valence-corrected chi connectivity index (χ3v) is 5.34. The summed E-state index contributed by atoms with van der Waals surface area (Å²) in [5.74, 6) is -0.505. The van der Waals surface area contributed by atoms with Crippen LogP contribution in [0.1, 0.15) is 71.6 Å². The van der Waals surface area contributed by atoms with Gasteiger partial charge in [0, 0.05) is 24.2 Å². The van der Waals surface area contributed by atoms with Gasteiger partial charge in [0.05, 0.1) is 6.04 Å². The first-order valence-electron chi connectivity index (χ1n) is 9.37. The molecule has 1 fully saturated rings. The van der Waals surface area contributed by atoms with E-state index in [2.05, 4.69) is 15.7 Å². The van der Waals surface area contributed by atoms with Crippen LogP contribution in [0, 0.1) is 0 Å². The fourth-order valence-corrected chi connectivity index (χ4v) is 3.61. The highest BCUT2D eigenvalue weighted by Gasteiger charge is 2.25. The molecule has 144 valence electrons. The number of aromatic nitrogens is 2. The van der Waals surface area contributed by atoms with E-state index in [0.717, 1.165) is 31.2 Å². The van der Waals surface area contributed by atoms with E-state index >= 15 is 0 Å². The molecule has 1 aromatic heterocycles. The maximum atomic E-state index is 12.9. The number of amides is 2. The lowest BCUT2D eigenvalue weighted by atomic mass is 9.95.